The maximum atomic E-state index is 12.5. The first-order chi connectivity index (χ1) is 8.20. The van der Waals surface area contributed by atoms with Gasteiger partial charge >= 0.3 is 0 Å². The average Bonchev–Trinajstić information content (AvgIpc) is 3.12. The van der Waals surface area contributed by atoms with E-state index in [9.17, 15) is 4.79 Å². The molecule has 0 spiro atoms. The molecule has 1 saturated heterocycles. The van der Waals surface area contributed by atoms with Gasteiger partial charge in [-0.2, -0.15) is 0 Å². The summed E-state index contributed by atoms with van der Waals surface area (Å²) in [6, 6.07) is 10.5. The lowest BCUT2D eigenvalue weighted by Crippen LogP contribution is -2.39. The standard InChI is InChI=1S/C14H18N2O/c1-9-13(15)12(10-5-3-2-4-6-10)14(17)16(9)11-7-8-11/h2-6,9,11-13H,7-8,15H2,1H3. The van der Waals surface area contributed by atoms with Gasteiger partial charge in [0.15, 0.2) is 0 Å². The topological polar surface area (TPSA) is 46.3 Å². The van der Waals surface area contributed by atoms with Crippen molar-refractivity contribution in [1.82, 2.24) is 4.90 Å². The van der Waals surface area contributed by atoms with Crippen LogP contribution in [-0.2, 0) is 4.79 Å². The molecule has 1 saturated carbocycles. The summed E-state index contributed by atoms with van der Waals surface area (Å²) in [7, 11) is 0. The molecule has 1 aliphatic carbocycles. The van der Waals surface area contributed by atoms with Gasteiger partial charge in [-0.1, -0.05) is 30.3 Å². The maximum absolute atomic E-state index is 12.5. The van der Waals surface area contributed by atoms with Gasteiger partial charge in [0.2, 0.25) is 5.91 Å². The quantitative estimate of drug-likeness (QED) is 0.836. The second-order valence-corrected chi connectivity index (χ2v) is 5.18. The molecule has 1 heterocycles. The first-order valence-corrected chi connectivity index (χ1v) is 6.33. The first kappa shape index (κ1) is 10.8. The average molecular weight is 230 g/mol. The molecule has 3 nitrogen and oxygen atoms in total. The van der Waals surface area contributed by atoms with Crippen molar-refractivity contribution in [2.24, 2.45) is 5.73 Å². The van der Waals surface area contributed by atoms with Crippen LogP contribution in [0.5, 0.6) is 0 Å². The summed E-state index contributed by atoms with van der Waals surface area (Å²) < 4.78 is 0. The predicted molar refractivity (Wildman–Crippen MR) is 66.5 cm³/mol. The molecule has 3 heteroatoms. The number of hydrogen-bond donors (Lipinski definition) is 1. The van der Waals surface area contributed by atoms with Gasteiger partial charge in [0.25, 0.3) is 0 Å². The number of carbonyl (C=O) groups is 1. The van der Waals surface area contributed by atoms with Crippen LogP contribution in [0.25, 0.3) is 0 Å². The molecule has 1 amide bonds. The lowest BCUT2D eigenvalue weighted by molar-refractivity contribution is -0.130. The zero-order chi connectivity index (χ0) is 12.0. The van der Waals surface area contributed by atoms with Crippen LogP contribution in [0.4, 0.5) is 0 Å². The molecule has 3 unspecified atom stereocenters. The van der Waals surface area contributed by atoms with Crippen LogP contribution in [0.2, 0.25) is 0 Å². The number of carbonyl (C=O) groups excluding carboxylic acids is 1. The maximum Gasteiger partial charge on any atom is 0.232 e. The second-order valence-electron chi connectivity index (χ2n) is 5.18. The molecule has 3 rings (SSSR count). The highest BCUT2D eigenvalue weighted by Crippen LogP contribution is 2.39. The Bertz CT molecular complexity index is 427. The molecule has 0 bridgehead atoms. The van der Waals surface area contributed by atoms with Crippen LogP contribution in [0.15, 0.2) is 30.3 Å². The summed E-state index contributed by atoms with van der Waals surface area (Å²) in [6.07, 6.45) is 2.29. The number of nitrogens with zero attached hydrogens (tertiary/aromatic N) is 1. The smallest absolute Gasteiger partial charge is 0.232 e. The van der Waals surface area contributed by atoms with Crippen molar-refractivity contribution in [1.29, 1.82) is 0 Å². The van der Waals surface area contributed by atoms with Crippen molar-refractivity contribution < 1.29 is 4.79 Å². The van der Waals surface area contributed by atoms with Gasteiger partial charge < -0.3 is 10.6 Å². The van der Waals surface area contributed by atoms with Gasteiger partial charge in [0, 0.05) is 18.1 Å². The van der Waals surface area contributed by atoms with Gasteiger partial charge in [0.05, 0.1) is 5.92 Å². The zero-order valence-electron chi connectivity index (χ0n) is 10.0. The highest BCUT2D eigenvalue weighted by Gasteiger charge is 2.49. The van der Waals surface area contributed by atoms with Crippen molar-refractivity contribution in [2.45, 2.75) is 43.8 Å². The van der Waals surface area contributed by atoms with E-state index in [0.29, 0.717) is 6.04 Å². The van der Waals surface area contributed by atoms with Gasteiger partial charge in [-0.3, -0.25) is 4.79 Å². The summed E-state index contributed by atoms with van der Waals surface area (Å²) in [5.41, 5.74) is 7.29. The first-order valence-electron chi connectivity index (χ1n) is 6.33. The second kappa shape index (κ2) is 3.84. The Labute approximate surface area is 102 Å². The molecule has 1 aliphatic heterocycles. The SMILES string of the molecule is CC1C(N)C(c2ccccc2)C(=O)N1C1CC1. The fourth-order valence-electron chi connectivity index (χ4n) is 2.88. The molecule has 3 atom stereocenters. The largest absolute Gasteiger partial charge is 0.335 e. The third-order valence-electron chi connectivity index (χ3n) is 4.00. The molecule has 2 aliphatic rings. The van der Waals surface area contributed by atoms with Gasteiger partial charge in [-0.15, -0.1) is 0 Å². The van der Waals surface area contributed by atoms with Crippen LogP contribution in [0.1, 0.15) is 31.2 Å². The number of likely N-dealkylation sites (tertiary alicyclic amines) is 1. The summed E-state index contributed by atoms with van der Waals surface area (Å²) in [4.78, 5) is 14.5. The van der Waals surface area contributed by atoms with Crippen LogP contribution in [-0.4, -0.2) is 28.9 Å². The van der Waals surface area contributed by atoms with E-state index in [1.165, 1.54) is 0 Å². The fourth-order valence-corrected chi connectivity index (χ4v) is 2.88. The lowest BCUT2D eigenvalue weighted by atomic mass is 9.92. The summed E-state index contributed by atoms with van der Waals surface area (Å²) in [5, 5.41) is 0. The number of amides is 1. The minimum absolute atomic E-state index is 0.0782. The Hall–Kier alpha value is -1.35. The van der Waals surface area contributed by atoms with E-state index in [1.54, 1.807) is 0 Å². The molecule has 0 radical (unpaired) electrons. The van der Waals surface area contributed by atoms with Crippen molar-refractivity contribution in [3.8, 4) is 0 Å². The van der Waals surface area contributed by atoms with Crippen LogP contribution in [0.3, 0.4) is 0 Å². The normalized spacial score (nSPS) is 33.2. The van der Waals surface area contributed by atoms with Crippen molar-refractivity contribution >= 4 is 5.91 Å². The third-order valence-corrected chi connectivity index (χ3v) is 4.00. The minimum Gasteiger partial charge on any atom is -0.335 e. The predicted octanol–water partition coefficient (Wildman–Crippen LogP) is 1.49. The highest BCUT2D eigenvalue weighted by molar-refractivity contribution is 5.88. The van der Waals surface area contributed by atoms with Crippen molar-refractivity contribution in [3.63, 3.8) is 0 Å². The molecule has 2 N–H and O–H groups in total. The van der Waals surface area contributed by atoms with E-state index in [-0.39, 0.29) is 23.9 Å². The molecule has 1 aromatic rings. The zero-order valence-corrected chi connectivity index (χ0v) is 10.0. The van der Waals surface area contributed by atoms with Crippen LogP contribution >= 0.6 is 0 Å². The summed E-state index contributed by atoms with van der Waals surface area (Å²) >= 11 is 0. The highest BCUT2D eigenvalue weighted by atomic mass is 16.2. The number of nitrogens with two attached hydrogens (primary N) is 1. The number of benzene rings is 1. The minimum atomic E-state index is -0.146. The molecular weight excluding hydrogens is 212 g/mol. The Morgan fingerprint density at radius 3 is 2.47 bits per heavy atom. The van der Waals surface area contributed by atoms with Crippen molar-refractivity contribution in [3.05, 3.63) is 35.9 Å². The monoisotopic (exact) mass is 230 g/mol. The number of rotatable bonds is 2. The number of hydrogen-bond acceptors (Lipinski definition) is 2. The van der Waals surface area contributed by atoms with Gasteiger partial charge in [-0.05, 0) is 25.3 Å². The lowest BCUT2D eigenvalue weighted by Gasteiger charge is -2.22. The Morgan fingerprint density at radius 2 is 1.88 bits per heavy atom. The van der Waals surface area contributed by atoms with E-state index in [1.807, 2.05) is 35.2 Å². The van der Waals surface area contributed by atoms with E-state index in [2.05, 4.69) is 6.92 Å². The molecule has 0 aromatic heterocycles. The third kappa shape index (κ3) is 1.65. The molecule has 1 aromatic carbocycles. The van der Waals surface area contributed by atoms with Gasteiger partial charge in [0.1, 0.15) is 0 Å². The Kier molecular flexibility index (Phi) is 2.44. The summed E-state index contributed by atoms with van der Waals surface area (Å²) in [6.45, 7) is 2.07. The van der Waals surface area contributed by atoms with E-state index >= 15 is 0 Å². The molecule has 17 heavy (non-hydrogen) atoms. The molecular formula is C14H18N2O. The van der Waals surface area contributed by atoms with E-state index in [4.69, 9.17) is 5.73 Å². The van der Waals surface area contributed by atoms with Crippen molar-refractivity contribution in [2.75, 3.05) is 0 Å². The summed E-state index contributed by atoms with van der Waals surface area (Å²) in [5.74, 6) is 0.0745. The molecule has 2 fully saturated rings. The Balaban J connectivity index is 1.93. The van der Waals surface area contributed by atoms with Crippen LogP contribution in [0, 0.1) is 0 Å². The van der Waals surface area contributed by atoms with Gasteiger partial charge in [-0.25, -0.2) is 0 Å². The van der Waals surface area contributed by atoms with Crippen LogP contribution < -0.4 is 5.73 Å². The Morgan fingerprint density at radius 1 is 1.24 bits per heavy atom. The molecule has 90 valence electrons. The van der Waals surface area contributed by atoms with E-state index in [0.717, 1.165) is 18.4 Å². The fraction of sp³-hybridized carbons (Fsp3) is 0.500. The van der Waals surface area contributed by atoms with E-state index < -0.39 is 0 Å².